The molecule has 0 saturated heterocycles. The predicted molar refractivity (Wildman–Crippen MR) is 69.1 cm³/mol. The van der Waals surface area contributed by atoms with E-state index in [0.29, 0.717) is 5.02 Å². The standard InChI is InChI=1S/C13H15ClN2O/c1-2-12(10-4-3-5-11(14)8-10)15-16-13(17)9-6-7-9/h2-5,8-9,15H,6-7H2,1H3,(H,16,17)/b12-2+. The number of hydrogen-bond donors (Lipinski definition) is 2. The monoisotopic (exact) mass is 250 g/mol. The Morgan fingerprint density at radius 2 is 2.18 bits per heavy atom. The lowest BCUT2D eigenvalue weighted by Gasteiger charge is -2.12. The molecule has 0 aliphatic heterocycles. The molecule has 4 heteroatoms. The minimum absolute atomic E-state index is 0.0615. The van der Waals surface area contributed by atoms with Gasteiger partial charge in [0.15, 0.2) is 0 Å². The van der Waals surface area contributed by atoms with E-state index in [1.807, 2.05) is 37.3 Å². The minimum atomic E-state index is 0.0615. The summed E-state index contributed by atoms with van der Waals surface area (Å²) in [7, 11) is 0. The normalized spacial score (nSPS) is 15.5. The van der Waals surface area contributed by atoms with Gasteiger partial charge >= 0.3 is 0 Å². The van der Waals surface area contributed by atoms with Gasteiger partial charge in [0.1, 0.15) is 0 Å². The van der Waals surface area contributed by atoms with E-state index in [2.05, 4.69) is 10.9 Å². The van der Waals surface area contributed by atoms with Gasteiger partial charge in [-0.2, -0.15) is 0 Å². The van der Waals surface area contributed by atoms with Gasteiger partial charge in [0, 0.05) is 16.5 Å². The molecule has 0 aromatic heterocycles. The van der Waals surface area contributed by atoms with E-state index in [4.69, 9.17) is 11.6 Å². The zero-order chi connectivity index (χ0) is 12.3. The van der Waals surface area contributed by atoms with Gasteiger partial charge in [-0.05, 0) is 31.9 Å². The van der Waals surface area contributed by atoms with Gasteiger partial charge in [-0.25, -0.2) is 0 Å². The van der Waals surface area contributed by atoms with Crippen LogP contribution in [0.4, 0.5) is 0 Å². The van der Waals surface area contributed by atoms with Crippen molar-refractivity contribution in [1.82, 2.24) is 10.9 Å². The average Bonchev–Trinajstić information content (AvgIpc) is 3.13. The number of halogens is 1. The molecule has 0 radical (unpaired) electrons. The molecule has 1 aromatic rings. The van der Waals surface area contributed by atoms with Crippen LogP contribution in [-0.4, -0.2) is 5.91 Å². The lowest BCUT2D eigenvalue weighted by Crippen LogP contribution is -2.37. The van der Waals surface area contributed by atoms with Crippen LogP contribution >= 0.6 is 11.6 Å². The fraction of sp³-hybridized carbons (Fsp3) is 0.308. The molecule has 3 nitrogen and oxygen atoms in total. The maximum Gasteiger partial charge on any atom is 0.241 e. The second-order valence-electron chi connectivity index (χ2n) is 4.10. The van der Waals surface area contributed by atoms with Crippen molar-refractivity contribution >= 4 is 23.2 Å². The first-order valence-corrected chi connectivity index (χ1v) is 6.06. The number of allylic oxidation sites excluding steroid dienone is 1. The van der Waals surface area contributed by atoms with Gasteiger partial charge in [-0.15, -0.1) is 0 Å². The predicted octanol–water partition coefficient (Wildman–Crippen LogP) is 2.73. The number of hydrazine groups is 1. The number of amides is 1. The van der Waals surface area contributed by atoms with Crippen molar-refractivity contribution < 1.29 is 4.79 Å². The van der Waals surface area contributed by atoms with E-state index >= 15 is 0 Å². The van der Waals surface area contributed by atoms with Crippen LogP contribution in [0, 0.1) is 5.92 Å². The zero-order valence-corrected chi connectivity index (χ0v) is 10.4. The summed E-state index contributed by atoms with van der Waals surface area (Å²) in [4.78, 5) is 11.5. The topological polar surface area (TPSA) is 41.1 Å². The van der Waals surface area contributed by atoms with Crippen LogP contribution in [0.1, 0.15) is 25.3 Å². The van der Waals surface area contributed by atoms with Crippen molar-refractivity contribution in [2.45, 2.75) is 19.8 Å². The molecule has 90 valence electrons. The smallest absolute Gasteiger partial charge is 0.241 e. The lowest BCUT2D eigenvalue weighted by molar-refractivity contribution is -0.122. The Bertz CT molecular complexity index is 452. The van der Waals surface area contributed by atoms with Crippen molar-refractivity contribution in [3.05, 3.63) is 40.9 Å². The number of carbonyl (C=O) groups excluding carboxylic acids is 1. The molecule has 0 bridgehead atoms. The van der Waals surface area contributed by atoms with E-state index in [-0.39, 0.29) is 11.8 Å². The van der Waals surface area contributed by atoms with Crippen molar-refractivity contribution in [3.63, 3.8) is 0 Å². The highest BCUT2D eigenvalue weighted by Crippen LogP contribution is 2.28. The summed E-state index contributed by atoms with van der Waals surface area (Å²) in [6, 6.07) is 7.50. The third-order valence-electron chi connectivity index (χ3n) is 2.69. The van der Waals surface area contributed by atoms with E-state index in [1.165, 1.54) is 0 Å². The lowest BCUT2D eigenvalue weighted by atomic mass is 10.1. The minimum Gasteiger partial charge on any atom is -0.298 e. The quantitative estimate of drug-likeness (QED) is 0.807. The molecule has 1 aromatic carbocycles. The highest BCUT2D eigenvalue weighted by molar-refractivity contribution is 6.30. The Labute approximate surface area is 106 Å². The highest BCUT2D eigenvalue weighted by atomic mass is 35.5. The maximum atomic E-state index is 11.5. The van der Waals surface area contributed by atoms with Gasteiger partial charge in [-0.1, -0.05) is 29.8 Å². The van der Waals surface area contributed by atoms with Gasteiger partial charge in [0.2, 0.25) is 5.91 Å². The average molecular weight is 251 g/mol. The van der Waals surface area contributed by atoms with Crippen LogP contribution in [0.5, 0.6) is 0 Å². The molecule has 2 rings (SSSR count). The largest absolute Gasteiger partial charge is 0.298 e. The van der Waals surface area contributed by atoms with Crippen molar-refractivity contribution in [2.24, 2.45) is 5.92 Å². The molecule has 1 aliphatic carbocycles. The second-order valence-corrected chi connectivity index (χ2v) is 4.54. The molecule has 1 saturated carbocycles. The molecule has 0 heterocycles. The van der Waals surface area contributed by atoms with Gasteiger partial charge < -0.3 is 0 Å². The summed E-state index contributed by atoms with van der Waals surface area (Å²) >= 11 is 5.93. The third kappa shape index (κ3) is 3.24. The van der Waals surface area contributed by atoms with Gasteiger partial charge in [-0.3, -0.25) is 15.6 Å². The first kappa shape index (κ1) is 12.0. The number of carbonyl (C=O) groups is 1. The molecule has 0 unspecified atom stereocenters. The Balaban J connectivity index is 1.99. The molecule has 0 spiro atoms. The van der Waals surface area contributed by atoms with E-state index in [0.717, 1.165) is 24.1 Å². The van der Waals surface area contributed by atoms with Crippen LogP contribution in [-0.2, 0) is 4.79 Å². The summed E-state index contributed by atoms with van der Waals surface area (Å²) in [6.07, 6.45) is 3.89. The summed E-state index contributed by atoms with van der Waals surface area (Å²) in [5.74, 6) is 0.256. The first-order valence-electron chi connectivity index (χ1n) is 5.69. The van der Waals surface area contributed by atoms with Crippen molar-refractivity contribution in [2.75, 3.05) is 0 Å². The third-order valence-corrected chi connectivity index (χ3v) is 2.93. The fourth-order valence-electron chi connectivity index (χ4n) is 1.54. The highest BCUT2D eigenvalue weighted by Gasteiger charge is 2.29. The molecular formula is C13H15ClN2O. The Hall–Kier alpha value is -1.48. The molecular weight excluding hydrogens is 236 g/mol. The molecule has 1 amide bonds. The van der Waals surface area contributed by atoms with Crippen LogP contribution in [0.3, 0.4) is 0 Å². The van der Waals surface area contributed by atoms with Crippen molar-refractivity contribution in [3.8, 4) is 0 Å². The molecule has 0 atom stereocenters. The number of nitrogens with one attached hydrogen (secondary N) is 2. The Morgan fingerprint density at radius 1 is 1.41 bits per heavy atom. The fourth-order valence-corrected chi connectivity index (χ4v) is 1.73. The van der Waals surface area contributed by atoms with Crippen LogP contribution in [0.2, 0.25) is 5.02 Å². The molecule has 1 aliphatic rings. The van der Waals surface area contributed by atoms with Crippen LogP contribution < -0.4 is 10.9 Å². The van der Waals surface area contributed by atoms with Gasteiger partial charge in [0.25, 0.3) is 0 Å². The Morgan fingerprint density at radius 3 is 2.76 bits per heavy atom. The number of rotatable bonds is 4. The summed E-state index contributed by atoms with van der Waals surface area (Å²) < 4.78 is 0. The number of benzene rings is 1. The summed E-state index contributed by atoms with van der Waals surface area (Å²) in [5.41, 5.74) is 7.45. The van der Waals surface area contributed by atoms with Gasteiger partial charge in [0.05, 0.1) is 5.70 Å². The molecule has 1 fully saturated rings. The molecule has 2 N–H and O–H groups in total. The maximum absolute atomic E-state index is 11.5. The van der Waals surface area contributed by atoms with E-state index in [1.54, 1.807) is 0 Å². The molecule has 17 heavy (non-hydrogen) atoms. The van der Waals surface area contributed by atoms with E-state index < -0.39 is 0 Å². The number of hydrogen-bond acceptors (Lipinski definition) is 2. The zero-order valence-electron chi connectivity index (χ0n) is 9.66. The van der Waals surface area contributed by atoms with E-state index in [9.17, 15) is 4.79 Å². The first-order chi connectivity index (χ1) is 8.20. The SMILES string of the molecule is C/C=C(/NNC(=O)C1CC1)c1cccc(Cl)c1. The second kappa shape index (κ2) is 5.23. The van der Waals surface area contributed by atoms with Crippen molar-refractivity contribution in [1.29, 1.82) is 0 Å². The Kier molecular flexibility index (Phi) is 3.69. The van der Waals surface area contributed by atoms with Crippen LogP contribution in [0.25, 0.3) is 5.70 Å². The summed E-state index contributed by atoms with van der Waals surface area (Å²) in [6.45, 7) is 1.91. The summed E-state index contributed by atoms with van der Waals surface area (Å²) in [5, 5.41) is 0.678. The van der Waals surface area contributed by atoms with Crippen LogP contribution in [0.15, 0.2) is 30.3 Å².